The summed E-state index contributed by atoms with van der Waals surface area (Å²) in [6.45, 7) is 3.35. The van der Waals surface area contributed by atoms with Crippen molar-refractivity contribution in [3.8, 4) is 5.88 Å². The quantitative estimate of drug-likeness (QED) is 0.850. The van der Waals surface area contributed by atoms with E-state index >= 15 is 0 Å². The Bertz CT molecular complexity index is 379. The number of nitrogens with one attached hydrogen (secondary N) is 1. The van der Waals surface area contributed by atoms with Gasteiger partial charge in [0.25, 0.3) is 0 Å². The molecule has 0 saturated heterocycles. The third-order valence-electron chi connectivity index (χ3n) is 2.59. The van der Waals surface area contributed by atoms with Gasteiger partial charge in [-0.25, -0.2) is 4.98 Å². The molecule has 4 nitrogen and oxygen atoms in total. The Morgan fingerprint density at radius 2 is 2.53 bits per heavy atom. The second-order valence-corrected chi connectivity index (χ2v) is 3.88. The lowest BCUT2D eigenvalue weighted by molar-refractivity contribution is 0.135. The second kappa shape index (κ2) is 6.13. The highest BCUT2D eigenvalue weighted by atomic mass is 16.5. The highest BCUT2D eigenvalue weighted by Gasteiger charge is 2.12. The first-order valence-electron chi connectivity index (χ1n) is 6.02. The van der Waals surface area contributed by atoms with E-state index in [9.17, 15) is 0 Å². The molecule has 0 spiro atoms. The molecule has 1 aromatic rings. The summed E-state index contributed by atoms with van der Waals surface area (Å²) < 4.78 is 10.9. The minimum absolute atomic E-state index is 0.231. The highest BCUT2D eigenvalue weighted by molar-refractivity contribution is 5.52. The predicted molar refractivity (Wildman–Crippen MR) is 67.1 cm³/mol. The molecule has 0 fully saturated rings. The van der Waals surface area contributed by atoms with Crippen LogP contribution >= 0.6 is 0 Å². The van der Waals surface area contributed by atoms with Gasteiger partial charge in [-0.05, 0) is 38.0 Å². The third-order valence-corrected chi connectivity index (χ3v) is 2.59. The molecule has 4 heteroatoms. The second-order valence-electron chi connectivity index (χ2n) is 3.88. The molecule has 0 radical (unpaired) electrons. The standard InChI is InChI=1S/C13H18N2O2/c1-2-16-13-12(7-5-8-14-13)15-10-11-6-3-4-9-17-11/h4-5,7-9,11,15H,2-3,6,10H2,1H3. The smallest absolute Gasteiger partial charge is 0.237 e. The van der Waals surface area contributed by atoms with Crippen molar-refractivity contribution in [2.24, 2.45) is 0 Å². The van der Waals surface area contributed by atoms with Crippen LogP contribution in [0.25, 0.3) is 0 Å². The average molecular weight is 234 g/mol. The van der Waals surface area contributed by atoms with Crippen LogP contribution in [0, 0.1) is 0 Å². The van der Waals surface area contributed by atoms with Crippen molar-refractivity contribution in [1.29, 1.82) is 0 Å². The molecule has 0 amide bonds. The molecule has 0 saturated carbocycles. The summed E-state index contributed by atoms with van der Waals surface area (Å²) >= 11 is 0. The zero-order chi connectivity index (χ0) is 11.9. The van der Waals surface area contributed by atoms with Gasteiger partial charge in [0.2, 0.25) is 5.88 Å². The highest BCUT2D eigenvalue weighted by Crippen LogP contribution is 2.21. The van der Waals surface area contributed by atoms with Gasteiger partial charge in [0.15, 0.2) is 0 Å². The molecular formula is C13H18N2O2. The van der Waals surface area contributed by atoms with E-state index in [4.69, 9.17) is 9.47 Å². The monoisotopic (exact) mass is 234 g/mol. The van der Waals surface area contributed by atoms with Crippen LogP contribution in [0.3, 0.4) is 0 Å². The third kappa shape index (κ3) is 3.37. The van der Waals surface area contributed by atoms with Crippen molar-refractivity contribution in [3.63, 3.8) is 0 Å². The van der Waals surface area contributed by atoms with E-state index in [1.807, 2.05) is 25.1 Å². The molecular weight excluding hydrogens is 216 g/mol. The zero-order valence-corrected chi connectivity index (χ0v) is 10.1. The fraction of sp³-hybridized carbons (Fsp3) is 0.462. The number of hydrogen-bond donors (Lipinski definition) is 1. The molecule has 2 heterocycles. The van der Waals surface area contributed by atoms with Crippen LogP contribution in [0.4, 0.5) is 5.69 Å². The van der Waals surface area contributed by atoms with Gasteiger partial charge >= 0.3 is 0 Å². The van der Waals surface area contributed by atoms with Crippen molar-refractivity contribution >= 4 is 5.69 Å². The van der Waals surface area contributed by atoms with E-state index in [1.54, 1.807) is 12.5 Å². The fourth-order valence-electron chi connectivity index (χ4n) is 1.74. The Morgan fingerprint density at radius 3 is 3.29 bits per heavy atom. The maximum Gasteiger partial charge on any atom is 0.237 e. The number of pyridine rings is 1. The van der Waals surface area contributed by atoms with Crippen molar-refractivity contribution in [1.82, 2.24) is 4.98 Å². The molecule has 0 aromatic carbocycles. The van der Waals surface area contributed by atoms with Crippen LogP contribution in [0.1, 0.15) is 19.8 Å². The Morgan fingerprint density at radius 1 is 1.59 bits per heavy atom. The van der Waals surface area contributed by atoms with Crippen LogP contribution < -0.4 is 10.1 Å². The summed E-state index contributed by atoms with van der Waals surface area (Å²) in [5.41, 5.74) is 0.924. The normalized spacial score (nSPS) is 18.5. The molecule has 1 aromatic heterocycles. The van der Waals surface area contributed by atoms with Crippen molar-refractivity contribution in [2.75, 3.05) is 18.5 Å². The van der Waals surface area contributed by atoms with Gasteiger partial charge in [0.1, 0.15) is 6.10 Å². The molecule has 2 rings (SSSR count). The number of aromatic nitrogens is 1. The molecule has 1 atom stereocenters. The Balaban J connectivity index is 1.91. The lowest BCUT2D eigenvalue weighted by Crippen LogP contribution is -2.23. The van der Waals surface area contributed by atoms with E-state index in [0.29, 0.717) is 12.5 Å². The van der Waals surface area contributed by atoms with Crippen molar-refractivity contribution < 1.29 is 9.47 Å². The van der Waals surface area contributed by atoms with E-state index in [0.717, 1.165) is 25.1 Å². The molecule has 1 unspecified atom stereocenters. The van der Waals surface area contributed by atoms with E-state index < -0.39 is 0 Å². The topological polar surface area (TPSA) is 43.4 Å². The van der Waals surface area contributed by atoms with Crippen LogP contribution in [-0.2, 0) is 4.74 Å². The summed E-state index contributed by atoms with van der Waals surface area (Å²) in [6, 6.07) is 3.86. The van der Waals surface area contributed by atoms with Crippen LogP contribution in [-0.4, -0.2) is 24.2 Å². The lowest BCUT2D eigenvalue weighted by atomic mass is 10.1. The molecule has 0 bridgehead atoms. The first-order chi connectivity index (χ1) is 8.40. The Kier molecular flexibility index (Phi) is 4.24. The summed E-state index contributed by atoms with van der Waals surface area (Å²) in [5, 5.41) is 3.32. The summed E-state index contributed by atoms with van der Waals surface area (Å²) in [7, 11) is 0. The fourth-order valence-corrected chi connectivity index (χ4v) is 1.74. The van der Waals surface area contributed by atoms with Gasteiger partial charge in [0.05, 0.1) is 25.1 Å². The molecule has 1 N–H and O–H groups in total. The first-order valence-corrected chi connectivity index (χ1v) is 6.02. The lowest BCUT2D eigenvalue weighted by Gasteiger charge is -2.20. The van der Waals surface area contributed by atoms with Gasteiger partial charge < -0.3 is 14.8 Å². The van der Waals surface area contributed by atoms with Crippen LogP contribution in [0.5, 0.6) is 5.88 Å². The summed E-state index contributed by atoms with van der Waals surface area (Å²) in [4.78, 5) is 4.19. The maximum atomic E-state index is 5.50. The van der Waals surface area contributed by atoms with Gasteiger partial charge in [-0.3, -0.25) is 0 Å². The van der Waals surface area contributed by atoms with Crippen LogP contribution in [0.15, 0.2) is 30.7 Å². The molecule has 1 aliphatic heterocycles. The predicted octanol–water partition coefficient (Wildman–Crippen LogP) is 2.58. The minimum atomic E-state index is 0.231. The maximum absolute atomic E-state index is 5.50. The summed E-state index contributed by atoms with van der Waals surface area (Å²) in [6.07, 6.45) is 7.92. The van der Waals surface area contributed by atoms with Crippen molar-refractivity contribution in [3.05, 3.63) is 30.7 Å². The molecule has 0 aliphatic carbocycles. The van der Waals surface area contributed by atoms with Gasteiger partial charge in [-0.1, -0.05) is 0 Å². The summed E-state index contributed by atoms with van der Waals surface area (Å²) in [5.74, 6) is 0.654. The van der Waals surface area contributed by atoms with Gasteiger partial charge in [-0.2, -0.15) is 0 Å². The number of nitrogens with zero attached hydrogens (tertiary/aromatic N) is 1. The number of allylic oxidation sites excluding steroid dienone is 1. The minimum Gasteiger partial charge on any atom is -0.497 e. The van der Waals surface area contributed by atoms with E-state index in [-0.39, 0.29) is 6.10 Å². The van der Waals surface area contributed by atoms with Crippen molar-refractivity contribution in [2.45, 2.75) is 25.9 Å². The largest absolute Gasteiger partial charge is 0.497 e. The molecule has 92 valence electrons. The first kappa shape index (κ1) is 11.8. The zero-order valence-electron chi connectivity index (χ0n) is 10.1. The Hall–Kier alpha value is -1.71. The average Bonchev–Trinajstić information content (AvgIpc) is 2.39. The number of hydrogen-bond acceptors (Lipinski definition) is 4. The van der Waals surface area contributed by atoms with E-state index in [2.05, 4.69) is 10.3 Å². The van der Waals surface area contributed by atoms with Gasteiger partial charge in [-0.15, -0.1) is 0 Å². The number of ether oxygens (including phenoxy) is 2. The number of anilines is 1. The SMILES string of the molecule is CCOc1ncccc1NCC1CCC=CO1. The van der Waals surface area contributed by atoms with Gasteiger partial charge in [0, 0.05) is 6.20 Å². The van der Waals surface area contributed by atoms with E-state index in [1.165, 1.54) is 0 Å². The van der Waals surface area contributed by atoms with Crippen LogP contribution in [0.2, 0.25) is 0 Å². The molecule has 1 aliphatic rings. The Labute approximate surface area is 102 Å². The molecule has 17 heavy (non-hydrogen) atoms. The number of rotatable bonds is 5.